The summed E-state index contributed by atoms with van der Waals surface area (Å²) in [6.45, 7) is 3.56. The summed E-state index contributed by atoms with van der Waals surface area (Å²) in [5.74, 6) is -0.943. The van der Waals surface area contributed by atoms with Crippen LogP contribution in [-0.4, -0.2) is 50.7 Å². The number of carbonyl (C=O) groups is 1. The van der Waals surface area contributed by atoms with Crippen LogP contribution in [0, 0.1) is 5.92 Å². The van der Waals surface area contributed by atoms with Crippen molar-refractivity contribution in [2.24, 2.45) is 5.92 Å². The number of hydrogen-bond donors (Lipinski definition) is 0. The predicted molar refractivity (Wildman–Crippen MR) is 82.6 cm³/mol. The minimum Gasteiger partial charge on any atom is -0.377 e. The smallest absolute Gasteiger partial charge is 0.377 e. The molecule has 0 N–H and O–H groups in total. The summed E-state index contributed by atoms with van der Waals surface area (Å²) < 4.78 is 70.2. The van der Waals surface area contributed by atoms with Crippen LogP contribution >= 0.6 is 10.3 Å². The fraction of sp³-hybridized carbons (Fsp3) is 0.769. The topological polar surface area (TPSA) is 69.7 Å². The van der Waals surface area contributed by atoms with Crippen LogP contribution in [0.4, 0.5) is 13.2 Å². The van der Waals surface area contributed by atoms with E-state index in [2.05, 4.69) is 10.2 Å². The van der Waals surface area contributed by atoms with Gasteiger partial charge in [-0.1, -0.05) is 6.08 Å². The van der Waals surface area contributed by atoms with Crippen LogP contribution in [0.2, 0.25) is 0 Å². The van der Waals surface area contributed by atoms with E-state index in [1.54, 1.807) is 0 Å². The molecule has 0 saturated heterocycles. The third-order valence-electron chi connectivity index (χ3n) is 3.82. The van der Waals surface area contributed by atoms with Crippen LogP contribution in [0.15, 0.2) is 12.7 Å². The Morgan fingerprint density at radius 3 is 2.35 bits per heavy atom. The zero-order chi connectivity index (χ0) is 18.1. The highest BCUT2D eigenvalue weighted by Crippen LogP contribution is 2.56. The molecule has 1 aliphatic carbocycles. The summed E-state index contributed by atoms with van der Waals surface area (Å²) in [5, 5.41) is -0.663. The Morgan fingerprint density at radius 1 is 1.35 bits per heavy atom. The van der Waals surface area contributed by atoms with E-state index in [-0.39, 0.29) is 12.2 Å². The second kappa shape index (κ2) is 7.12. The van der Waals surface area contributed by atoms with Crippen LogP contribution in [0.3, 0.4) is 0 Å². The molecule has 0 aliphatic heterocycles. The molecule has 0 aromatic rings. The first-order valence-corrected chi connectivity index (χ1v) is 10.6. The second-order valence-corrected chi connectivity index (χ2v) is 10.8. The normalized spacial score (nSPS) is 25.9. The zero-order valence-corrected chi connectivity index (χ0v) is 14.8. The molecule has 1 fully saturated rings. The van der Waals surface area contributed by atoms with Gasteiger partial charge in [0.1, 0.15) is 5.78 Å². The molecule has 0 spiro atoms. The highest BCUT2D eigenvalue weighted by atomic mass is 32.3. The van der Waals surface area contributed by atoms with Crippen LogP contribution < -0.4 is 0 Å². The molecular formula is C13H21F3O5S2. The zero-order valence-electron chi connectivity index (χ0n) is 13.1. The van der Waals surface area contributed by atoms with Gasteiger partial charge in [0.25, 0.3) is 0 Å². The van der Waals surface area contributed by atoms with Crippen molar-refractivity contribution in [2.75, 3.05) is 19.6 Å². The summed E-state index contributed by atoms with van der Waals surface area (Å²) >= 11 is 0. The highest BCUT2D eigenvalue weighted by Gasteiger charge is 2.52. The Bertz CT molecular complexity index is 556. The Hall–Kier alpha value is -0.580. The lowest BCUT2D eigenvalue weighted by Crippen LogP contribution is -2.44. The maximum atomic E-state index is 12.6. The molecule has 10 heteroatoms. The number of hydrogen-bond acceptors (Lipinski definition) is 5. The quantitative estimate of drug-likeness (QED) is 0.525. The number of ether oxygens (including phenoxy) is 1. The Kier molecular flexibility index (Phi) is 6.33. The summed E-state index contributed by atoms with van der Waals surface area (Å²) in [5.41, 5.74) is -5.50. The van der Waals surface area contributed by atoms with E-state index in [1.807, 2.05) is 0 Å². The van der Waals surface area contributed by atoms with Gasteiger partial charge in [0.15, 0.2) is 0 Å². The lowest BCUT2D eigenvalue weighted by atomic mass is 9.83. The van der Waals surface area contributed by atoms with E-state index in [9.17, 15) is 26.4 Å². The number of alkyl halides is 3. The lowest BCUT2D eigenvalue weighted by Gasteiger charge is -2.45. The molecular weight excluding hydrogens is 357 g/mol. The van der Waals surface area contributed by atoms with Crippen molar-refractivity contribution in [1.29, 1.82) is 0 Å². The van der Waals surface area contributed by atoms with Gasteiger partial charge in [-0.25, -0.2) is 3.63 Å². The number of carbonyl (C=O) groups excluding carboxylic acids is 1. The van der Waals surface area contributed by atoms with Gasteiger partial charge >= 0.3 is 15.6 Å². The molecule has 5 nitrogen and oxygen atoms in total. The van der Waals surface area contributed by atoms with Crippen molar-refractivity contribution in [3.05, 3.63) is 12.7 Å². The maximum absolute atomic E-state index is 12.6. The molecule has 0 aromatic heterocycles. The highest BCUT2D eigenvalue weighted by molar-refractivity contribution is 8.32. The Labute approximate surface area is 135 Å². The molecule has 0 amide bonds. The minimum absolute atomic E-state index is 0.179. The molecule has 1 rings (SSSR count). The molecule has 3 atom stereocenters. The summed E-state index contributed by atoms with van der Waals surface area (Å²) in [7, 11) is -7.09. The van der Waals surface area contributed by atoms with Crippen LogP contribution in [-0.2, 0) is 23.3 Å². The van der Waals surface area contributed by atoms with Gasteiger partial charge in [0, 0.05) is 18.8 Å². The third kappa shape index (κ3) is 4.49. The van der Waals surface area contributed by atoms with E-state index < -0.39 is 43.2 Å². The predicted octanol–water partition coefficient (Wildman–Crippen LogP) is 2.77. The van der Waals surface area contributed by atoms with Gasteiger partial charge in [-0.2, -0.15) is 21.6 Å². The average Bonchev–Trinajstić information content (AvgIpc) is 2.39. The van der Waals surface area contributed by atoms with Gasteiger partial charge in [-0.3, -0.25) is 4.79 Å². The Morgan fingerprint density at radius 2 is 1.91 bits per heavy atom. The summed E-state index contributed by atoms with van der Waals surface area (Å²) in [6.07, 6.45) is 4.48. The number of Topliss-reactive ketones (excluding diaryl/α,β-unsaturated/α-hetero) is 1. The first-order valence-electron chi connectivity index (χ1n) is 6.80. The van der Waals surface area contributed by atoms with Crippen molar-refractivity contribution >= 4 is 26.2 Å². The standard InChI is InChI=1S/C13H21F3O5S2/c1-5-10(20-2)12-9(17)7-6-8-11(12)22(3,4)21-23(18,19)13(14,15)16/h5,10-12H,1,6-8H2,2-4H3. The van der Waals surface area contributed by atoms with Crippen molar-refractivity contribution in [2.45, 2.75) is 36.1 Å². The van der Waals surface area contributed by atoms with Crippen LogP contribution in [0.25, 0.3) is 0 Å². The maximum Gasteiger partial charge on any atom is 0.523 e. The molecule has 0 aromatic carbocycles. The van der Waals surface area contributed by atoms with Crippen molar-refractivity contribution in [3.63, 3.8) is 0 Å². The number of rotatable bonds is 6. The number of ketones is 1. The third-order valence-corrected chi connectivity index (χ3v) is 8.49. The molecule has 136 valence electrons. The average molecular weight is 378 g/mol. The Balaban J connectivity index is 3.17. The number of methoxy groups -OCH3 is 1. The molecule has 0 heterocycles. The largest absolute Gasteiger partial charge is 0.523 e. The second-order valence-electron chi connectivity index (χ2n) is 5.64. The minimum atomic E-state index is -5.73. The fourth-order valence-corrected chi connectivity index (χ4v) is 7.08. The molecule has 0 bridgehead atoms. The van der Waals surface area contributed by atoms with Crippen molar-refractivity contribution < 1.29 is 34.7 Å². The molecule has 3 unspecified atom stereocenters. The molecule has 0 radical (unpaired) electrons. The van der Waals surface area contributed by atoms with Crippen molar-refractivity contribution in [3.8, 4) is 0 Å². The van der Waals surface area contributed by atoms with E-state index in [0.29, 0.717) is 12.8 Å². The van der Waals surface area contributed by atoms with E-state index in [1.165, 1.54) is 25.7 Å². The van der Waals surface area contributed by atoms with Gasteiger partial charge in [0.2, 0.25) is 0 Å². The summed E-state index contributed by atoms with van der Waals surface area (Å²) in [6, 6.07) is 0. The van der Waals surface area contributed by atoms with Crippen LogP contribution in [0.5, 0.6) is 0 Å². The fourth-order valence-electron chi connectivity index (χ4n) is 2.77. The van der Waals surface area contributed by atoms with Gasteiger partial charge < -0.3 is 4.74 Å². The van der Waals surface area contributed by atoms with Gasteiger partial charge in [-0.05, 0) is 25.4 Å². The first-order chi connectivity index (χ1) is 10.4. The molecule has 1 saturated carbocycles. The van der Waals surface area contributed by atoms with E-state index in [4.69, 9.17) is 4.74 Å². The van der Waals surface area contributed by atoms with Crippen molar-refractivity contribution in [1.82, 2.24) is 0 Å². The summed E-state index contributed by atoms with van der Waals surface area (Å²) in [4.78, 5) is 12.2. The van der Waals surface area contributed by atoms with Gasteiger partial charge in [-0.15, -0.1) is 16.9 Å². The monoisotopic (exact) mass is 378 g/mol. The van der Waals surface area contributed by atoms with E-state index in [0.717, 1.165) is 0 Å². The van der Waals surface area contributed by atoms with Gasteiger partial charge in [0.05, 0.1) is 12.0 Å². The lowest BCUT2D eigenvalue weighted by molar-refractivity contribution is -0.127. The number of halogens is 3. The molecule has 1 aliphatic rings. The first kappa shape index (κ1) is 20.5. The van der Waals surface area contributed by atoms with Crippen LogP contribution in [0.1, 0.15) is 19.3 Å². The molecule has 23 heavy (non-hydrogen) atoms. The SMILES string of the molecule is C=CC(OC)C1C(=O)CCCC1S(C)(C)OS(=O)(=O)C(F)(F)F. The van der Waals surface area contributed by atoms with E-state index >= 15 is 0 Å².